The fraction of sp³-hybridized carbons (Fsp3) is 1.00. The lowest BCUT2D eigenvalue weighted by atomic mass is 9.71. The quantitative estimate of drug-likeness (QED) is 0.479. The number of rotatable bonds is 2. The molecule has 5 atom stereocenters. The van der Waals surface area contributed by atoms with E-state index in [4.69, 9.17) is 10.8 Å². The van der Waals surface area contributed by atoms with E-state index >= 15 is 0 Å². The van der Waals surface area contributed by atoms with E-state index < -0.39 is 12.2 Å². The zero-order valence-corrected chi connectivity index (χ0v) is 8.80. The molecule has 84 valence electrons. The zero-order valence-electron chi connectivity index (χ0n) is 8.80. The summed E-state index contributed by atoms with van der Waals surface area (Å²) in [5.41, 5.74) is 5.84. The summed E-state index contributed by atoms with van der Waals surface area (Å²) in [6.07, 6.45) is -1.11. The predicted molar refractivity (Wildman–Crippen MR) is 53.5 cm³/mol. The molecule has 0 radical (unpaired) electrons. The number of aliphatic hydroxyl groups excluding tert-OH is 3. The van der Waals surface area contributed by atoms with Crippen LogP contribution < -0.4 is 5.73 Å². The molecule has 0 aromatic rings. The molecule has 4 heteroatoms. The highest BCUT2D eigenvalue weighted by atomic mass is 16.3. The lowest BCUT2D eigenvalue weighted by molar-refractivity contribution is -0.0924. The Morgan fingerprint density at radius 2 is 1.86 bits per heavy atom. The minimum absolute atomic E-state index is 0.0891. The lowest BCUT2D eigenvalue weighted by Gasteiger charge is -2.42. The van der Waals surface area contributed by atoms with Crippen molar-refractivity contribution in [2.45, 2.75) is 38.5 Å². The van der Waals surface area contributed by atoms with Gasteiger partial charge in [-0.25, -0.2) is 0 Å². The molecule has 0 aromatic carbocycles. The molecule has 1 fully saturated rings. The van der Waals surface area contributed by atoms with Crippen molar-refractivity contribution < 1.29 is 15.3 Å². The first-order valence-electron chi connectivity index (χ1n) is 5.21. The van der Waals surface area contributed by atoms with Crippen molar-refractivity contribution in [2.75, 3.05) is 6.61 Å². The van der Waals surface area contributed by atoms with Crippen molar-refractivity contribution in [1.82, 2.24) is 0 Å². The van der Waals surface area contributed by atoms with E-state index in [0.29, 0.717) is 12.3 Å². The third-order valence-corrected chi connectivity index (χ3v) is 3.39. The smallest absolute Gasteiger partial charge is 0.0955 e. The van der Waals surface area contributed by atoms with Crippen molar-refractivity contribution in [3.05, 3.63) is 0 Å². The number of hydrogen-bond acceptors (Lipinski definition) is 4. The van der Waals surface area contributed by atoms with Crippen LogP contribution >= 0.6 is 0 Å². The Morgan fingerprint density at radius 1 is 1.29 bits per heavy atom. The van der Waals surface area contributed by atoms with E-state index in [0.717, 1.165) is 0 Å². The van der Waals surface area contributed by atoms with Gasteiger partial charge in [-0.15, -0.1) is 0 Å². The summed E-state index contributed by atoms with van der Waals surface area (Å²) in [5, 5.41) is 28.4. The number of nitrogens with two attached hydrogens (primary N) is 1. The van der Waals surface area contributed by atoms with Gasteiger partial charge in [-0.1, -0.05) is 13.8 Å². The van der Waals surface area contributed by atoms with Crippen LogP contribution in [0.4, 0.5) is 0 Å². The van der Waals surface area contributed by atoms with Crippen LogP contribution in [0.25, 0.3) is 0 Å². The third-order valence-electron chi connectivity index (χ3n) is 3.39. The van der Waals surface area contributed by atoms with Gasteiger partial charge in [-0.2, -0.15) is 0 Å². The molecule has 5 N–H and O–H groups in total. The van der Waals surface area contributed by atoms with Crippen molar-refractivity contribution >= 4 is 0 Å². The first kappa shape index (κ1) is 11.9. The van der Waals surface area contributed by atoms with Gasteiger partial charge in [-0.3, -0.25) is 0 Å². The van der Waals surface area contributed by atoms with Gasteiger partial charge in [0.05, 0.1) is 12.2 Å². The largest absolute Gasteiger partial charge is 0.396 e. The van der Waals surface area contributed by atoms with Crippen LogP contribution in [0.3, 0.4) is 0 Å². The summed E-state index contributed by atoms with van der Waals surface area (Å²) in [6.45, 7) is 4.00. The Kier molecular flexibility index (Phi) is 3.89. The average Bonchev–Trinajstić information content (AvgIpc) is 2.14. The molecular weight excluding hydrogens is 182 g/mol. The molecule has 0 amide bonds. The van der Waals surface area contributed by atoms with Crippen LogP contribution in [0.15, 0.2) is 0 Å². The molecule has 0 aromatic heterocycles. The van der Waals surface area contributed by atoms with Crippen molar-refractivity contribution in [2.24, 2.45) is 23.5 Å². The molecule has 1 saturated carbocycles. The summed E-state index contributed by atoms with van der Waals surface area (Å²) < 4.78 is 0. The van der Waals surface area contributed by atoms with Gasteiger partial charge >= 0.3 is 0 Å². The molecule has 0 aliphatic heterocycles. The van der Waals surface area contributed by atoms with Crippen LogP contribution in [0.2, 0.25) is 0 Å². The monoisotopic (exact) mass is 203 g/mol. The van der Waals surface area contributed by atoms with Gasteiger partial charge in [0.15, 0.2) is 0 Å². The normalized spacial score (nSPS) is 44.4. The average molecular weight is 203 g/mol. The molecular formula is C10H21NO3. The lowest BCUT2D eigenvalue weighted by Crippen LogP contribution is -2.57. The standard InChI is InChI=1S/C10H21NO3/c1-5(2)7-3-6(4-12)9(13)10(14)8(7)11/h5-10,12-14H,3-4,11H2,1-2H3. The molecule has 4 nitrogen and oxygen atoms in total. The highest BCUT2D eigenvalue weighted by molar-refractivity contribution is 4.95. The maximum Gasteiger partial charge on any atom is 0.0955 e. The number of hydrogen-bond donors (Lipinski definition) is 4. The highest BCUT2D eigenvalue weighted by Gasteiger charge is 2.42. The topological polar surface area (TPSA) is 86.7 Å². The molecule has 5 unspecified atom stereocenters. The van der Waals surface area contributed by atoms with E-state index in [-0.39, 0.29) is 24.5 Å². The van der Waals surface area contributed by atoms with Crippen LogP contribution in [0, 0.1) is 17.8 Å². The first-order chi connectivity index (χ1) is 6.49. The molecule has 1 rings (SSSR count). The number of aliphatic hydroxyl groups is 3. The molecule has 0 spiro atoms. The first-order valence-corrected chi connectivity index (χ1v) is 5.21. The van der Waals surface area contributed by atoms with Crippen molar-refractivity contribution in [3.63, 3.8) is 0 Å². The Balaban J connectivity index is 2.73. The zero-order chi connectivity index (χ0) is 10.9. The van der Waals surface area contributed by atoms with Crippen molar-refractivity contribution in [1.29, 1.82) is 0 Å². The predicted octanol–water partition coefficient (Wildman–Crippen LogP) is -0.680. The van der Waals surface area contributed by atoms with E-state index in [2.05, 4.69) is 0 Å². The Morgan fingerprint density at radius 3 is 2.29 bits per heavy atom. The van der Waals surface area contributed by atoms with E-state index in [1.54, 1.807) is 0 Å². The summed E-state index contributed by atoms with van der Waals surface area (Å²) in [4.78, 5) is 0. The van der Waals surface area contributed by atoms with Gasteiger partial charge in [0.1, 0.15) is 0 Å². The van der Waals surface area contributed by atoms with E-state index in [9.17, 15) is 10.2 Å². The highest BCUT2D eigenvalue weighted by Crippen LogP contribution is 2.33. The minimum atomic E-state index is -0.909. The molecule has 0 heterocycles. The van der Waals surface area contributed by atoms with Crippen LogP contribution in [0.1, 0.15) is 20.3 Å². The fourth-order valence-corrected chi connectivity index (χ4v) is 2.31. The van der Waals surface area contributed by atoms with Gasteiger partial charge in [0, 0.05) is 18.6 Å². The maximum absolute atomic E-state index is 9.68. The Hall–Kier alpha value is -0.160. The van der Waals surface area contributed by atoms with Crippen LogP contribution in [-0.4, -0.2) is 40.2 Å². The summed E-state index contributed by atoms with van der Waals surface area (Å²) in [7, 11) is 0. The molecule has 0 bridgehead atoms. The second-order valence-corrected chi connectivity index (χ2v) is 4.64. The molecule has 0 saturated heterocycles. The fourth-order valence-electron chi connectivity index (χ4n) is 2.31. The SMILES string of the molecule is CC(C)C1CC(CO)C(O)C(O)C1N. The van der Waals surface area contributed by atoms with E-state index in [1.807, 2.05) is 13.8 Å². The van der Waals surface area contributed by atoms with Gasteiger partial charge in [-0.05, 0) is 18.3 Å². The van der Waals surface area contributed by atoms with Crippen molar-refractivity contribution in [3.8, 4) is 0 Å². The Labute approximate surface area is 84.7 Å². The molecule has 1 aliphatic carbocycles. The summed E-state index contributed by atoms with van der Waals surface area (Å²) in [5.74, 6) is 0.295. The van der Waals surface area contributed by atoms with Crippen LogP contribution in [0.5, 0.6) is 0 Å². The van der Waals surface area contributed by atoms with Gasteiger partial charge < -0.3 is 21.1 Å². The second-order valence-electron chi connectivity index (χ2n) is 4.64. The Bertz CT molecular complexity index is 184. The second kappa shape index (κ2) is 4.57. The van der Waals surface area contributed by atoms with Crippen LogP contribution in [-0.2, 0) is 0 Å². The van der Waals surface area contributed by atoms with Gasteiger partial charge in [0.2, 0.25) is 0 Å². The molecule has 1 aliphatic rings. The summed E-state index contributed by atoms with van der Waals surface area (Å²) >= 11 is 0. The molecule has 14 heavy (non-hydrogen) atoms. The van der Waals surface area contributed by atoms with Gasteiger partial charge in [0.25, 0.3) is 0 Å². The summed E-state index contributed by atoms with van der Waals surface area (Å²) in [6, 6.07) is -0.382. The minimum Gasteiger partial charge on any atom is -0.396 e. The maximum atomic E-state index is 9.68. The van der Waals surface area contributed by atoms with E-state index in [1.165, 1.54) is 0 Å². The third kappa shape index (κ3) is 2.08.